The van der Waals surface area contributed by atoms with E-state index in [4.69, 9.17) is 4.74 Å². The number of ether oxygens (including phenoxy) is 1. The van der Waals surface area contributed by atoms with Crippen LogP contribution in [0.4, 0.5) is 0 Å². The van der Waals surface area contributed by atoms with Crippen LogP contribution in [0.15, 0.2) is 30.3 Å². The van der Waals surface area contributed by atoms with Crippen molar-refractivity contribution in [1.29, 1.82) is 0 Å². The fourth-order valence-electron chi connectivity index (χ4n) is 1.37. The molecule has 0 bridgehead atoms. The standard InChI is InChI=1S/C14H19NO3/c1-3-4-10-18-14(17)11(2)15-13(16)12-8-6-5-7-9-12/h5-9,11H,3-4,10H2,1-2H3,(H,15,16)/t11-/m1/s1. The third-order valence-corrected chi connectivity index (χ3v) is 2.48. The number of unbranched alkanes of at least 4 members (excludes halogenated alkanes) is 1. The van der Waals surface area contributed by atoms with Crippen LogP contribution >= 0.6 is 0 Å². The highest BCUT2D eigenvalue weighted by Gasteiger charge is 2.17. The predicted molar refractivity (Wildman–Crippen MR) is 69.2 cm³/mol. The minimum Gasteiger partial charge on any atom is -0.464 e. The Morgan fingerprint density at radius 3 is 2.56 bits per heavy atom. The fourth-order valence-corrected chi connectivity index (χ4v) is 1.37. The van der Waals surface area contributed by atoms with Gasteiger partial charge >= 0.3 is 5.97 Å². The Balaban J connectivity index is 2.42. The second-order valence-corrected chi connectivity index (χ2v) is 4.08. The lowest BCUT2D eigenvalue weighted by Crippen LogP contribution is -2.39. The van der Waals surface area contributed by atoms with E-state index in [2.05, 4.69) is 5.32 Å². The van der Waals surface area contributed by atoms with Gasteiger partial charge in [0.15, 0.2) is 0 Å². The summed E-state index contributed by atoms with van der Waals surface area (Å²) < 4.78 is 5.03. The molecule has 0 aliphatic rings. The van der Waals surface area contributed by atoms with Gasteiger partial charge in [-0.1, -0.05) is 31.5 Å². The summed E-state index contributed by atoms with van der Waals surface area (Å²) in [5.74, 6) is -0.664. The third kappa shape index (κ3) is 4.57. The molecule has 1 aromatic rings. The van der Waals surface area contributed by atoms with Gasteiger partial charge in [0.1, 0.15) is 6.04 Å². The molecule has 0 radical (unpaired) electrons. The zero-order chi connectivity index (χ0) is 13.4. The van der Waals surface area contributed by atoms with Crippen LogP contribution in [-0.4, -0.2) is 24.5 Å². The molecule has 1 aromatic carbocycles. The van der Waals surface area contributed by atoms with Crippen LogP contribution in [-0.2, 0) is 9.53 Å². The molecule has 4 nitrogen and oxygen atoms in total. The number of hydrogen-bond acceptors (Lipinski definition) is 3. The quantitative estimate of drug-likeness (QED) is 0.621. The van der Waals surface area contributed by atoms with Crippen molar-refractivity contribution in [2.75, 3.05) is 6.61 Å². The third-order valence-electron chi connectivity index (χ3n) is 2.48. The molecule has 4 heteroatoms. The molecule has 0 heterocycles. The maximum absolute atomic E-state index is 11.8. The Hall–Kier alpha value is -1.84. The van der Waals surface area contributed by atoms with Crippen LogP contribution in [0, 0.1) is 0 Å². The van der Waals surface area contributed by atoms with Crippen molar-refractivity contribution in [3.63, 3.8) is 0 Å². The number of benzene rings is 1. The van der Waals surface area contributed by atoms with Gasteiger partial charge in [-0.25, -0.2) is 4.79 Å². The lowest BCUT2D eigenvalue weighted by atomic mass is 10.2. The van der Waals surface area contributed by atoms with Gasteiger partial charge in [-0.2, -0.15) is 0 Å². The summed E-state index contributed by atoms with van der Waals surface area (Å²) >= 11 is 0. The molecule has 1 N–H and O–H groups in total. The normalized spacial score (nSPS) is 11.7. The number of rotatable bonds is 6. The highest BCUT2D eigenvalue weighted by atomic mass is 16.5. The molecule has 0 fully saturated rings. The second-order valence-electron chi connectivity index (χ2n) is 4.08. The number of carbonyl (C=O) groups is 2. The number of amides is 1. The van der Waals surface area contributed by atoms with Crippen molar-refractivity contribution in [3.8, 4) is 0 Å². The van der Waals surface area contributed by atoms with E-state index >= 15 is 0 Å². The lowest BCUT2D eigenvalue weighted by Gasteiger charge is -2.13. The van der Waals surface area contributed by atoms with Crippen molar-refractivity contribution in [2.45, 2.75) is 32.7 Å². The summed E-state index contributed by atoms with van der Waals surface area (Å²) in [6.45, 7) is 4.05. The van der Waals surface area contributed by atoms with E-state index in [0.717, 1.165) is 12.8 Å². The average molecular weight is 249 g/mol. The summed E-state index contributed by atoms with van der Waals surface area (Å²) in [5, 5.41) is 2.61. The van der Waals surface area contributed by atoms with Gasteiger partial charge in [0, 0.05) is 5.56 Å². The number of carbonyl (C=O) groups excluding carboxylic acids is 2. The fraction of sp³-hybridized carbons (Fsp3) is 0.429. The monoisotopic (exact) mass is 249 g/mol. The second kappa shape index (κ2) is 7.48. The van der Waals surface area contributed by atoms with Gasteiger partial charge in [-0.15, -0.1) is 0 Å². The van der Waals surface area contributed by atoms with Gasteiger partial charge in [0.05, 0.1) is 6.61 Å². The van der Waals surface area contributed by atoms with Crippen molar-refractivity contribution in [3.05, 3.63) is 35.9 Å². The van der Waals surface area contributed by atoms with Gasteiger partial charge in [0.2, 0.25) is 0 Å². The Bertz CT molecular complexity index is 389. The van der Waals surface area contributed by atoms with E-state index in [1.165, 1.54) is 0 Å². The maximum Gasteiger partial charge on any atom is 0.328 e. The molecule has 1 rings (SSSR count). The van der Waals surface area contributed by atoms with Crippen LogP contribution in [0.3, 0.4) is 0 Å². The molecule has 0 aromatic heterocycles. The zero-order valence-corrected chi connectivity index (χ0v) is 10.8. The number of esters is 1. The molecular weight excluding hydrogens is 230 g/mol. The minimum atomic E-state index is -0.630. The van der Waals surface area contributed by atoms with Crippen molar-refractivity contribution in [1.82, 2.24) is 5.32 Å². The highest BCUT2D eigenvalue weighted by Crippen LogP contribution is 2.00. The first-order valence-corrected chi connectivity index (χ1v) is 6.17. The van der Waals surface area contributed by atoms with Crippen LogP contribution in [0.25, 0.3) is 0 Å². The molecule has 0 aliphatic heterocycles. The maximum atomic E-state index is 11.8. The van der Waals surface area contributed by atoms with Gasteiger partial charge in [0.25, 0.3) is 5.91 Å². The molecule has 1 atom stereocenters. The Labute approximate surface area is 107 Å². The molecule has 0 unspecified atom stereocenters. The van der Waals surface area contributed by atoms with E-state index < -0.39 is 12.0 Å². The molecule has 1 amide bonds. The molecule has 0 aliphatic carbocycles. The average Bonchev–Trinajstić information content (AvgIpc) is 2.39. The lowest BCUT2D eigenvalue weighted by molar-refractivity contribution is -0.145. The Kier molecular flexibility index (Phi) is 5.91. The van der Waals surface area contributed by atoms with E-state index in [0.29, 0.717) is 12.2 Å². The molecule has 18 heavy (non-hydrogen) atoms. The summed E-state index contributed by atoms with van der Waals surface area (Å²) in [5.41, 5.74) is 0.533. The van der Waals surface area contributed by atoms with Crippen molar-refractivity contribution in [2.24, 2.45) is 0 Å². The van der Waals surface area contributed by atoms with E-state index in [1.54, 1.807) is 31.2 Å². The highest BCUT2D eigenvalue weighted by molar-refractivity contribution is 5.96. The first-order valence-electron chi connectivity index (χ1n) is 6.17. The van der Waals surface area contributed by atoms with Crippen LogP contribution < -0.4 is 5.32 Å². The predicted octanol–water partition coefficient (Wildman–Crippen LogP) is 2.15. The first-order chi connectivity index (χ1) is 8.65. The van der Waals surface area contributed by atoms with E-state index in [9.17, 15) is 9.59 Å². The SMILES string of the molecule is CCCCOC(=O)[C@@H](C)NC(=O)c1ccccc1. The zero-order valence-electron chi connectivity index (χ0n) is 10.8. The van der Waals surface area contributed by atoms with Crippen LogP contribution in [0.1, 0.15) is 37.0 Å². The van der Waals surface area contributed by atoms with Gasteiger partial charge < -0.3 is 10.1 Å². The van der Waals surface area contributed by atoms with E-state index in [-0.39, 0.29) is 5.91 Å². The number of hydrogen-bond donors (Lipinski definition) is 1. The molecule has 98 valence electrons. The van der Waals surface area contributed by atoms with E-state index in [1.807, 2.05) is 13.0 Å². The first kappa shape index (κ1) is 14.2. The minimum absolute atomic E-state index is 0.268. The van der Waals surface area contributed by atoms with Crippen LogP contribution in [0.5, 0.6) is 0 Å². The molecule has 0 spiro atoms. The topological polar surface area (TPSA) is 55.4 Å². The summed E-state index contributed by atoms with van der Waals surface area (Å²) in [6, 6.07) is 8.15. The smallest absolute Gasteiger partial charge is 0.328 e. The summed E-state index contributed by atoms with van der Waals surface area (Å²) in [4.78, 5) is 23.3. The molecule has 0 saturated carbocycles. The summed E-state index contributed by atoms with van der Waals surface area (Å²) in [7, 11) is 0. The van der Waals surface area contributed by atoms with Crippen molar-refractivity contribution < 1.29 is 14.3 Å². The van der Waals surface area contributed by atoms with Gasteiger partial charge in [-0.3, -0.25) is 4.79 Å². The van der Waals surface area contributed by atoms with Crippen molar-refractivity contribution >= 4 is 11.9 Å². The van der Waals surface area contributed by atoms with Gasteiger partial charge in [-0.05, 0) is 25.5 Å². The Morgan fingerprint density at radius 1 is 1.28 bits per heavy atom. The summed E-state index contributed by atoms with van der Waals surface area (Å²) in [6.07, 6.45) is 1.81. The molecule has 0 saturated heterocycles. The largest absolute Gasteiger partial charge is 0.464 e. The Morgan fingerprint density at radius 2 is 1.94 bits per heavy atom. The number of nitrogens with one attached hydrogen (secondary N) is 1. The molecular formula is C14H19NO3. The van der Waals surface area contributed by atoms with Crippen LogP contribution in [0.2, 0.25) is 0 Å².